The molecule has 0 saturated heterocycles. The summed E-state index contributed by atoms with van der Waals surface area (Å²) in [5.41, 5.74) is 5.79. The van der Waals surface area contributed by atoms with Crippen LogP contribution in [0.5, 0.6) is 0 Å². The van der Waals surface area contributed by atoms with Gasteiger partial charge in [-0.05, 0) is 84.0 Å². The van der Waals surface area contributed by atoms with E-state index in [0.29, 0.717) is 0 Å². The van der Waals surface area contributed by atoms with Crippen LogP contribution in [-0.4, -0.2) is 9.55 Å². The van der Waals surface area contributed by atoms with Crippen molar-refractivity contribution in [1.82, 2.24) is 9.55 Å². The summed E-state index contributed by atoms with van der Waals surface area (Å²) in [6.07, 6.45) is 0. The first kappa shape index (κ1) is 24.2. The number of aromatic nitrogens is 2. The fourth-order valence-corrected chi connectivity index (χ4v) is 7.26. The van der Waals surface area contributed by atoms with Gasteiger partial charge in [-0.2, -0.15) is 0 Å². The molecular formula is C41H28N2. The Kier molecular flexibility index (Phi) is 5.21. The Balaban J connectivity index is 1.38. The number of fused-ring (bicyclic) bond motifs is 6. The van der Waals surface area contributed by atoms with Gasteiger partial charge >= 0.3 is 0 Å². The Morgan fingerprint density at radius 2 is 1.00 bits per heavy atom. The highest BCUT2D eigenvalue weighted by atomic mass is 15.1. The Bertz CT molecular complexity index is 2530. The second-order valence-electron chi connectivity index (χ2n) is 11.4. The number of imidazole rings is 1. The van der Waals surface area contributed by atoms with Crippen molar-refractivity contribution in [3.63, 3.8) is 0 Å². The van der Waals surface area contributed by atoms with Gasteiger partial charge in [0.2, 0.25) is 0 Å². The first-order valence-corrected chi connectivity index (χ1v) is 15.0. The maximum Gasteiger partial charge on any atom is 0.141 e. The van der Waals surface area contributed by atoms with E-state index in [4.69, 9.17) is 4.98 Å². The van der Waals surface area contributed by atoms with Gasteiger partial charge in [0.05, 0.1) is 11.0 Å². The summed E-state index contributed by atoms with van der Waals surface area (Å²) >= 11 is 0. The third-order valence-electron chi connectivity index (χ3n) is 9.15. The lowest BCUT2D eigenvalue weighted by atomic mass is 9.88. The Labute approximate surface area is 249 Å². The van der Waals surface area contributed by atoms with Gasteiger partial charge in [0, 0.05) is 12.1 Å². The minimum Gasteiger partial charge on any atom is -0.324 e. The fraction of sp³-hybridized carbons (Fsp3) is 0.0488. The number of aryl methyl sites for hydroxylation is 1. The smallest absolute Gasteiger partial charge is 0.141 e. The summed E-state index contributed by atoms with van der Waals surface area (Å²) in [6, 6.07) is 51.1. The highest BCUT2D eigenvalue weighted by Crippen LogP contribution is 2.42. The molecule has 0 fully saturated rings. The maximum atomic E-state index is 5.00. The van der Waals surface area contributed by atoms with E-state index in [1.54, 1.807) is 0 Å². The molecule has 0 radical (unpaired) electrons. The van der Waals surface area contributed by atoms with Crippen LogP contribution in [0.15, 0.2) is 140 Å². The summed E-state index contributed by atoms with van der Waals surface area (Å²) in [7, 11) is 0. The van der Waals surface area contributed by atoms with Crippen LogP contribution in [0.2, 0.25) is 0 Å². The van der Waals surface area contributed by atoms with Gasteiger partial charge in [0.1, 0.15) is 5.82 Å². The van der Waals surface area contributed by atoms with Crippen LogP contribution in [-0.2, 0) is 6.54 Å². The number of nitrogens with zero attached hydrogens (tertiary/aromatic N) is 2. The molecule has 2 nitrogen and oxygen atoms in total. The van der Waals surface area contributed by atoms with Gasteiger partial charge in [-0.25, -0.2) is 4.98 Å². The molecule has 9 aromatic rings. The Morgan fingerprint density at radius 1 is 0.465 bits per heavy atom. The van der Waals surface area contributed by atoms with Crippen LogP contribution in [0, 0.1) is 0 Å². The minimum atomic E-state index is 0.875. The SMILES string of the molecule is CCn1c(-c2ccc(-c3cccc4c5cccc6ccc7cccc(c8ccccc8c34)c7c65)cc2)nc2ccccc21. The van der Waals surface area contributed by atoms with Crippen LogP contribution >= 0.6 is 0 Å². The molecule has 0 atom stereocenters. The van der Waals surface area contributed by atoms with Crippen molar-refractivity contribution in [1.29, 1.82) is 0 Å². The van der Waals surface area contributed by atoms with Crippen molar-refractivity contribution >= 4 is 64.9 Å². The maximum absolute atomic E-state index is 5.00. The molecule has 0 aliphatic rings. The number of rotatable bonds is 3. The Hall–Kier alpha value is -5.47. The molecule has 0 bridgehead atoms. The van der Waals surface area contributed by atoms with Crippen LogP contribution in [0.25, 0.3) is 87.4 Å². The zero-order valence-corrected chi connectivity index (χ0v) is 23.9. The lowest BCUT2D eigenvalue weighted by molar-refractivity contribution is 0.796. The zero-order valence-electron chi connectivity index (χ0n) is 23.9. The normalized spacial score (nSPS) is 11.9. The third kappa shape index (κ3) is 3.50. The standard InChI is InChI=1S/C41H28N2/c1-2-43-37-19-6-5-18-36(37)42-41(43)29-24-20-26(21-25-29)30-14-9-17-35-34-16-8-11-28-23-22-27-10-7-15-32(38(27)39(28)34)31-12-3-4-13-33(31)40(30)35/h3-25H,2H2,1H3. The average Bonchev–Trinajstić information content (AvgIpc) is 3.45. The monoisotopic (exact) mass is 548 g/mol. The van der Waals surface area contributed by atoms with Crippen molar-refractivity contribution in [2.45, 2.75) is 13.5 Å². The first-order valence-electron chi connectivity index (χ1n) is 15.0. The molecule has 0 spiro atoms. The van der Waals surface area contributed by atoms with Gasteiger partial charge in [0.15, 0.2) is 0 Å². The van der Waals surface area contributed by atoms with Crippen molar-refractivity contribution in [2.75, 3.05) is 0 Å². The highest BCUT2D eigenvalue weighted by Gasteiger charge is 2.16. The van der Waals surface area contributed by atoms with Gasteiger partial charge in [0.25, 0.3) is 0 Å². The molecule has 0 amide bonds. The molecule has 0 saturated carbocycles. The molecule has 1 heterocycles. The van der Waals surface area contributed by atoms with Crippen LogP contribution in [0.3, 0.4) is 0 Å². The highest BCUT2D eigenvalue weighted by molar-refractivity contribution is 6.34. The fourth-order valence-electron chi connectivity index (χ4n) is 7.26. The van der Waals surface area contributed by atoms with Crippen LogP contribution < -0.4 is 0 Å². The minimum absolute atomic E-state index is 0.875. The van der Waals surface area contributed by atoms with Crippen LogP contribution in [0.4, 0.5) is 0 Å². The van der Waals surface area contributed by atoms with E-state index in [2.05, 4.69) is 151 Å². The first-order chi connectivity index (χ1) is 21.3. The number of hydrogen-bond acceptors (Lipinski definition) is 1. The molecule has 2 heteroatoms. The lowest BCUT2D eigenvalue weighted by Gasteiger charge is -2.16. The van der Waals surface area contributed by atoms with E-state index in [1.165, 1.54) is 70.5 Å². The molecular weight excluding hydrogens is 520 g/mol. The second-order valence-corrected chi connectivity index (χ2v) is 11.4. The number of hydrogen-bond donors (Lipinski definition) is 0. The summed E-state index contributed by atoms with van der Waals surface area (Å²) in [5, 5.41) is 12.9. The van der Waals surface area contributed by atoms with Crippen LogP contribution in [0.1, 0.15) is 6.92 Å². The van der Waals surface area contributed by atoms with Crippen molar-refractivity contribution in [3.05, 3.63) is 140 Å². The van der Waals surface area contributed by atoms with Gasteiger partial charge in [-0.15, -0.1) is 0 Å². The van der Waals surface area contributed by atoms with Gasteiger partial charge in [-0.1, -0.05) is 127 Å². The molecule has 1 aromatic heterocycles. The predicted molar refractivity (Wildman–Crippen MR) is 184 cm³/mol. The second kappa shape index (κ2) is 9.27. The number of para-hydroxylation sites is 2. The Morgan fingerprint density at radius 3 is 1.72 bits per heavy atom. The van der Waals surface area contributed by atoms with Crippen molar-refractivity contribution in [2.24, 2.45) is 0 Å². The molecule has 9 rings (SSSR count). The van der Waals surface area contributed by atoms with Gasteiger partial charge < -0.3 is 4.57 Å². The van der Waals surface area contributed by atoms with Gasteiger partial charge in [-0.3, -0.25) is 0 Å². The van der Waals surface area contributed by atoms with E-state index in [-0.39, 0.29) is 0 Å². The van der Waals surface area contributed by atoms with E-state index in [0.717, 1.165) is 23.4 Å². The molecule has 202 valence electrons. The largest absolute Gasteiger partial charge is 0.324 e. The summed E-state index contributed by atoms with van der Waals surface area (Å²) in [5.74, 6) is 1.01. The zero-order chi connectivity index (χ0) is 28.5. The van der Waals surface area contributed by atoms with E-state index < -0.39 is 0 Å². The summed E-state index contributed by atoms with van der Waals surface area (Å²) in [6.45, 7) is 3.06. The number of benzene rings is 7. The average molecular weight is 549 g/mol. The molecule has 0 N–H and O–H groups in total. The van der Waals surface area contributed by atoms with E-state index >= 15 is 0 Å². The quantitative estimate of drug-likeness (QED) is 0.201. The molecule has 0 unspecified atom stereocenters. The lowest BCUT2D eigenvalue weighted by Crippen LogP contribution is -1.97. The predicted octanol–water partition coefficient (Wildman–Crippen LogP) is 11.2. The summed E-state index contributed by atoms with van der Waals surface area (Å²) < 4.78 is 2.30. The molecule has 43 heavy (non-hydrogen) atoms. The molecule has 8 aromatic carbocycles. The molecule has 0 aliphatic heterocycles. The summed E-state index contributed by atoms with van der Waals surface area (Å²) in [4.78, 5) is 5.00. The third-order valence-corrected chi connectivity index (χ3v) is 9.15. The topological polar surface area (TPSA) is 17.8 Å². The van der Waals surface area contributed by atoms with E-state index in [9.17, 15) is 0 Å². The molecule has 0 aliphatic carbocycles. The van der Waals surface area contributed by atoms with E-state index in [1.807, 2.05) is 0 Å². The van der Waals surface area contributed by atoms with Crippen molar-refractivity contribution in [3.8, 4) is 22.5 Å². The van der Waals surface area contributed by atoms with Crippen molar-refractivity contribution < 1.29 is 0 Å².